The van der Waals surface area contributed by atoms with Gasteiger partial charge in [0, 0.05) is 5.56 Å². The van der Waals surface area contributed by atoms with E-state index in [0.717, 1.165) is 10.8 Å². The Labute approximate surface area is 213 Å². The summed E-state index contributed by atoms with van der Waals surface area (Å²) in [6.45, 7) is 0. The van der Waals surface area contributed by atoms with E-state index in [1.807, 2.05) is 12.1 Å². The van der Waals surface area contributed by atoms with Crippen LogP contribution in [-0.4, -0.2) is 54.2 Å². The first-order chi connectivity index (χ1) is 17.4. The van der Waals surface area contributed by atoms with Crippen molar-refractivity contribution in [1.29, 1.82) is 5.41 Å². The fourth-order valence-electron chi connectivity index (χ4n) is 2.47. The van der Waals surface area contributed by atoms with Gasteiger partial charge in [0.1, 0.15) is 11.6 Å². The summed E-state index contributed by atoms with van der Waals surface area (Å²) in [5.41, 5.74) is 17.6. The maximum absolute atomic E-state index is 12.4. The quantitative estimate of drug-likeness (QED) is 0.0901. The van der Waals surface area contributed by atoms with Crippen LogP contribution in [0.4, 0.5) is 18.9 Å². The highest BCUT2D eigenvalue weighted by Gasteiger charge is 2.38. The number of aliphatic imine (C=N–C) groups is 1. The number of hydrogen-bond acceptors (Lipinski definition) is 7. The molecule has 0 aliphatic carbocycles. The summed E-state index contributed by atoms with van der Waals surface area (Å²) in [5.74, 6) is -2.95. The number of aliphatic carboxylic acids is 1. The van der Waals surface area contributed by atoms with Crippen molar-refractivity contribution >= 4 is 50.3 Å². The average Bonchev–Trinajstić information content (AvgIpc) is 2.77. The molecule has 0 unspecified atom stereocenters. The molecule has 0 amide bonds. The third-order valence-corrected chi connectivity index (χ3v) is 3.92. The molecule has 16 heteroatoms. The van der Waals surface area contributed by atoms with Crippen LogP contribution in [0.5, 0.6) is 5.75 Å². The van der Waals surface area contributed by atoms with Crippen LogP contribution in [0.25, 0.3) is 10.8 Å². The largest absolute Gasteiger partial charge is 0.490 e. The second-order valence-electron chi connectivity index (χ2n) is 7.15. The predicted molar refractivity (Wildman–Crippen MR) is 133 cm³/mol. The highest BCUT2D eigenvalue weighted by Crippen LogP contribution is 2.23. The number of benzene rings is 3. The molecule has 0 atom stereocenters. The van der Waals surface area contributed by atoms with Crippen LogP contribution < -0.4 is 21.9 Å². The first kappa shape index (κ1) is 31.3. The molecular weight excluding hydrogens is 535 g/mol. The summed E-state index contributed by atoms with van der Waals surface area (Å²) in [6, 6.07) is 17.1. The first-order valence-electron chi connectivity index (χ1n) is 9.89. The summed E-state index contributed by atoms with van der Waals surface area (Å²) in [5, 5.41) is 16.4. The number of esters is 1. The Morgan fingerprint density at radius 2 is 1.47 bits per heavy atom. The molecule has 0 saturated carbocycles. The number of guanidine groups is 1. The number of nitrogen functional groups attached to an aromatic ring is 1. The molecule has 0 aliphatic heterocycles. The second-order valence-corrected chi connectivity index (χ2v) is 8.62. The number of carboxylic acid groups (broad SMARTS) is 1. The standard InChI is InChI=1S/C19H17N5O2.C2HF3O2.CH4O3S/c20-17(21)13-5-4-12-10-16(7-6-11(12)8-13)26-18(25)14-2-1-3-15(9-14)24-19(22)23;3-2(4,5)1(6)7;1-5(2,3)4/h1-10H,(H3,20,21)(H4,22,23,24);(H,6,7);1H3,(H,2,3,4). The molecule has 0 heterocycles. The number of nitrogens with two attached hydrogens (primary N) is 3. The van der Waals surface area contributed by atoms with Crippen LogP contribution in [0.15, 0.2) is 65.7 Å². The molecule has 0 bridgehead atoms. The molecule has 0 aromatic heterocycles. The number of carbonyl (C=O) groups excluding carboxylic acids is 1. The lowest BCUT2D eigenvalue weighted by Gasteiger charge is -2.07. The molecule has 0 spiro atoms. The van der Waals surface area contributed by atoms with E-state index in [0.29, 0.717) is 28.8 Å². The van der Waals surface area contributed by atoms with Gasteiger partial charge >= 0.3 is 18.1 Å². The Morgan fingerprint density at radius 3 is 1.97 bits per heavy atom. The minimum Gasteiger partial charge on any atom is -0.475 e. The molecular formula is C22H22F3N5O7S. The van der Waals surface area contributed by atoms with Crippen molar-refractivity contribution in [3.05, 3.63) is 71.8 Å². The predicted octanol–water partition coefficient (Wildman–Crippen LogP) is 2.39. The lowest BCUT2D eigenvalue weighted by Crippen LogP contribution is -2.21. The minimum absolute atomic E-state index is 0.00283. The van der Waals surface area contributed by atoms with Crippen LogP contribution in [-0.2, 0) is 14.9 Å². The number of alkyl halides is 3. The topological polar surface area (TPSA) is 232 Å². The van der Waals surface area contributed by atoms with Gasteiger partial charge in [-0.3, -0.25) is 9.96 Å². The molecule has 9 N–H and O–H groups in total. The van der Waals surface area contributed by atoms with Gasteiger partial charge in [-0.2, -0.15) is 21.6 Å². The zero-order valence-electron chi connectivity index (χ0n) is 19.4. The SMILES string of the molecule is CS(=O)(=O)O.N=C(N)c1ccc2cc(OC(=O)c3cccc(N=C(N)N)c3)ccc2c1.O=C(O)C(F)(F)F. The lowest BCUT2D eigenvalue weighted by molar-refractivity contribution is -0.192. The van der Waals surface area contributed by atoms with E-state index in [1.54, 1.807) is 48.5 Å². The highest BCUT2D eigenvalue weighted by atomic mass is 32.2. The highest BCUT2D eigenvalue weighted by molar-refractivity contribution is 7.85. The van der Waals surface area contributed by atoms with E-state index in [2.05, 4.69) is 4.99 Å². The molecule has 3 aromatic rings. The van der Waals surface area contributed by atoms with Crippen LogP contribution >= 0.6 is 0 Å². The van der Waals surface area contributed by atoms with E-state index in [9.17, 15) is 26.4 Å². The smallest absolute Gasteiger partial charge is 0.475 e. The van der Waals surface area contributed by atoms with E-state index in [1.165, 1.54) is 0 Å². The van der Waals surface area contributed by atoms with Crippen molar-refractivity contribution < 1.29 is 45.6 Å². The molecule has 0 radical (unpaired) electrons. The Morgan fingerprint density at radius 1 is 0.947 bits per heavy atom. The van der Waals surface area contributed by atoms with Gasteiger partial charge in [0.15, 0.2) is 5.96 Å². The number of carbonyl (C=O) groups is 2. The summed E-state index contributed by atoms with van der Waals surface area (Å²) in [6.07, 6.45) is -4.37. The third kappa shape index (κ3) is 11.8. The normalized spacial score (nSPS) is 10.7. The van der Waals surface area contributed by atoms with Crippen molar-refractivity contribution in [1.82, 2.24) is 0 Å². The van der Waals surface area contributed by atoms with Gasteiger partial charge in [0.05, 0.1) is 17.5 Å². The van der Waals surface area contributed by atoms with Crippen molar-refractivity contribution in [2.24, 2.45) is 22.2 Å². The number of halogens is 3. The number of rotatable bonds is 4. The molecule has 12 nitrogen and oxygen atoms in total. The number of carboxylic acids is 1. The summed E-state index contributed by atoms with van der Waals surface area (Å²) in [7, 11) is -3.67. The van der Waals surface area contributed by atoms with Gasteiger partial charge in [-0.25, -0.2) is 14.6 Å². The maximum atomic E-state index is 12.4. The Hall–Kier alpha value is -4.70. The number of nitrogens with one attached hydrogen (secondary N) is 1. The molecule has 0 fully saturated rings. The van der Waals surface area contributed by atoms with Crippen LogP contribution in [0.3, 0.4) is 0 Å². The van der Waals surface area contributed by atoms with E-state index in [4.69, 9.17) is 41.8 Å². The van der Waals surface area contributed by atoms with Gasteiger partial charge in [-0.05, 0) is 47.2 Å². The van der Waals surface area contributed by atoms with Crippen molar-refractivity contribution in [2.45, 2.75) is 6.18 Å². The number of ether oxygens (including phenoxy) is 1. The maximum Gasteiger partial charge on any atom is 0.490 e. The average molecular weight is 558 g/mol. The minimum atomic E-state index is -5.08. The van der Waals surface area contributed by atoms with Gasteiger partial charge in [-0.15, -0.1) is 0 Å². The fourth-order valence-corrected chi connectivity index (χ4v) is 2.47. The summed E-state index contributed by atoms with van der Waals surface area (Å²) < 4.78 is 63.0. The Kier molecular flexibility index (Phi) is 10.7. The fraction of sp³-hybridized carbons (Fsp3) is 0.0909. The van der Waals surface area contributed by atoms with Crippen molar-refractivity contribution in [2.75, 3.05) is 6.26 Å². The number of nitrogens with zero attached hydrogens (tertiary/aromatic N) is 1. The van der Waals surface area contributed by atoms with Crippen LogP contribution in [0, 0.1) is 5.41 Å². The van der Waals surface area contributed by atoms with E-state index >= 15 is 0 Å². The Bertz CT molecular complexity index is 1460. The molecule has 0 saturated heterocycles. The van der Waals surface area contributed by atoms with Gasteiger partial charge in [0.2, 0.25) is 0 Å². The Balaban J connectivity index is 0.000000503. The molecule has 0 aliphatic rings. The zero-order chi connectivity index (χ0) is 29.3. The molecule has 38 heavy (non-hydrogen) atoms. The number of hydrogen-bond donors (Lipinski definition) is 6. The first-order valence-corrected chi connectivity index (χ1v) is 11.7. The molecule has 3 aromatic carbocycles. The van der Waals surface area contributed by atoms with Gasteiger partial charge < -0.3 is 27.0 Å². The van der Waals surface area contributed by atoms with E-state index < -0.39 is 28.2 Å². The van der Waals surface area contributed by atoms with E-state index in [-0.39, 0.29) is 11.8 Å². The zero-order valence-corrected chi connectivity index (χ0v) is 20.2. The van der Waals surface area contributed by atoms with Gasteiger partial charge in [-0.1, -0.05) is 24.3 Å². The van der Waals surface area contributed by atoms with Crippen LogP contribution in [0.1, 0.15) is 15.9 Å². The number of amidine groups is 1. The molecule has 3 rings (SSSR count). The second kappa shape index (κ2) is 13.0. The number of fused-ring (bicyclic) bond motifs is 1. The summed E-state index contributed by atoms with van der Waals surface area (Å²) in [4.78, 5) is 25.2. The summed E-state index contributed by atoms with van der Waals surface area (Å²) >= 11 is 0. The van der Waals surface area contributed by atoms with Crippen molar-refractivity contribution in [3.63, 3.8) is 0 Å². The molecule has 204 valence electrons. The van der Waals surface area contributed by atoms with Crippen LogP contribution in [0.2, 0.25) is 0 Å². The van der Waals surface area contributed by atoms with Crippen molar-refractivity contribution in [3.8, 4) is 5.75 Å². The monoisotopic (exact) mass is 557 g/mol. The van der Waals surface area contributed by atoms with Gasteiger partial charge in [0.25, 0.3) is 10.1 Å². The third-order valence-electron chi connectivity index (χ3n) is 3.92. The lowest BCUT2D eigenvalue weighted by atomic mass is 10.1.